The minimum absolute atomic E-state index is 0.0488. The third kappa shape index (κ3) is 4.38. The molecule has 2 aromatic carbocycles. The molecule has 1 fully saturated rings. The van der Waals surface area contributed by atoms with Crippen molar-refractivity contribution in [3.63, 3.8) is 0 Å². The second-order valence-corrected chi connectivity index (χ2v) is 10.00. The molecule has 8 nitrogen and oxygen atoms in total. The molecule has 1 aliphatic rings. The Labute approximate surface area is 192 Å². The van der Waals surface area contributed by atoms with Gasteiger partial charge in [-0.1, -0.05) is 18.2 Å². The number of aromatic nitrogens is 2. The van der Waals surface area contributed by atoms with E-state index in [2.05, 4.69) is 10.00 Å². The van der Waals surface area contributed by atoms with Crippen molar-refractivity contribution in [2.24, 2.45) is 0 Å². The summed E-state index contributed by atoms with van der Waals surface area (Å²) < 4.78 is 34.7. The Bertz CT molecular complexity index is 1350. The fourth-order valence-electron chi connectivity index (χ4n) is 3.61. The Kier molecular flexibility index (Phi) is 6.26. The Hall–Kier alpha value is -2.84. The lowest BCUT2D eigenvalue weighted by atomic mass is 10.1. The molecule has 0 unspecified atom stereocenters. The lowest BCUT2D eigenvalue weighted by Crippen LogP contribution is -2.49. The summed E-state index contributed by atoms with van der Waals surface area (Å²) in [6.45, 7) is 6.16. The normalized spacial score (nSPS) is 15.5. The van der Waals surface area contributed by atoms with E-state index in [0.29, 0.717) is 38.7 Å². The second-order valence-electron chi connectivity index (χ2n) is 7.74. The van der Waals surface area contributed by atoms with Crippen LogP contribution in [0.4, 0.5) is 0 Å². The summed E-state index contributed by atoms with van der Waals surface area (Å²) in [5.74, 6) is 0.465. The molecule has 0 aliphatic carbocycles. The highest BCUT2D eigenvalue weighted by atomic mass is 32.2. The Morgan fingerprint density at radius 1 is 1.09 bits per heavy atom. The van der Waals surface area contributed by atoms with Gasteiger partial charge in [0.1, 0.15) is 6.07 Å². The van der Waals surface area contributed by atoms with Crippen LogP contribution in [0, 0.1) is 30.0 Å². The Morgan fingerprint density at radius 2 is 1.81 bits per heavy atom. The zero-order valence-electron chi connectivity index (χ0n) is 17.9. The number of nitrogens with zero attached hydrogens (tertiary/aromatic N) is 5. The lowest BCUT2D eigenvalue weighted by Gasteiger charge is -2.33. The van der Waals surface area contributed by atoms with Crippen molar-refractivity contribution in [2.75, 3.05) is 26.2 Å². The van der Waals surface area contributed by atoms with Crippen LogP contribution in [0.1, 0.15) is 16.7 Å². The molecular formula is C22H23N5O3S2. The average Bonchev–Trinajstić information content (AvgIpc) is 3.16. The van der Waals surface area contributed by atoms with Crippen molar-refractivity contribution in [2.45, 2.75) is 25.4 Å². The van der Waals surface area contributed by atoms with E-state index in [1.54, 1.807) is 16.8 Å². The van der Waals surface area contributed by atoms with Gasteiger partial charge < -0.3 is 4.42 Å². The van der Waals surface area contributed by atoms with E-state index in [9.17, 15) is 13.7 Å². The van der Waals surface area contributed by atoms with Gasteiger partial charge in [0.05, 0.1) is 17.1 Å². The standard InChI is InChI=1S/C22H23N5O3S2/c1-16-7-8-18(13-17(16)2)21-24-27(22(31)30-21)15-25-9-11-26(12-10-25)32(28,29)20-6-4-3-5-19(20)14-23/h3-8,13H,9-12,15H2,1-2H3. The van der Waals surface area contributed by atoms with E-state index in [0.717, 1.165) is 11.1 Å². The number of aryl methyl sites for hydroxylation is 2. The summed E-state index contributed by atoms with van der Waals surface area (Å²) in [7, 11) is -3.73. The highest BCUT2D eigenvalue weighted by Crippen LogP contribution is 2.23. The maximum Gasteiger partial charge on any atom is 0.288 e. The average molecular weight is 470 g/mol. The fraction of sp³-hybridized carbons (Fsp3) is 0.318. The molecule has 10 heteroatoms. The number of piperazine rings is 1. The van der Waals surface area contributed by atoms with E-state index < -0.39 is 10.0 Å². The summed E-state index contributed by atoms with van der Waals surface area (Å²) in [5.41, 5.74) is 3.36. The van der Waals surface area contributed by atoms with Crippen molar-refractivity contribution < 1.29 is 12.8 Å². The van der Waals surface area contributed by atoms with Crippen LogP contribution in [-0.4, -0.2) is 53.6 Å². The quantitative estimate of drug-likeness (QED) is 0.529. The van der Waals surface area contributed by atoms with Gasteiger partial charge in [0.2, 0.25) is 15.9 Å². The number of hydrogen-bond acceptors (Lipinski definition) is 7. The smallest absolute Gasteiger partial charge is 0.288 e. The molecule has 0 amide bonds. The number of sulfonamides is 1. The van der Waals surface area contributed by atoms with Gasteiger partial charge in [-0.05, 0) is 61.5 Å². The molecule has 3 aromatic rings. The van der Waals surface area contributed by atoms with Crippen LogP contribution >= 0.6 is 12.2 Å². The first-order valence-corrected chi connectivity index (χ1v) is 12.0. The van der Waals surface area contributed by atoms with Crippen LogP contribution in [0.3, 0.4) is 0 Å². The number of rotatable bonds is 5. The summed E-state index contributed by atoms with van der Waals surface area (Å²) in [6.07, 6.45) is 0. The molecule has 0 atom stereocenters. The molecule has 1 saturated heterocycles. The third-order valence-electron chi connectivity index (χ3n) is 5.65. The predicted octanol–water partition coefficient (Wildman–Crippen LogP) is 3.33. The molecule has 32 heavy (non-hydrogen) atoms. The SMILES string of the molecule is Cc1ccc(-c2nn(CN3CCN(S(=O)(=O)c4ccccc4C#N)CC3)c(=S)o2)cc1C. The predicted molar refractivity (Wildman–Crippen MR) is 122 cm³/mol. The van der Waals surface area contributed by atoms with Crippen LogP contribution < -0.4 is 0 Å². The Morgan fingerprint density at radius 3 is 2.50 bits per heavy atom. The van der Waals surface area contributed by atoms with Gasteiger partial charge in [0.25, 0.3) is 4.84 Å². The van der Waals surface area contributed by atoms with E-state index in [1.807, 2.05) is 38.1 Å². The van der Waals surface area contributed by atoms with Crippen LogP contribution in [0.25, 0.3) is 11.5 Å². The van der Waals surface area contributed by atoms with Gasteiger partial charge >= 0.3 is 0 Å². The van der Waals surface area contributed by atoms with Gasteiger partial charge in [0, 0.05) is 31.7 Å². The second kappa shape index (κ2) is 8.96. The van der Waals surface area contributed by atoms with Crippen molar-refractivity contribution in [3.8, 4) is 17.5 Å². The van der Waals surface area contributed by atoms with E-state index in [1.165, 1.54) is 22.0 Å². The molecule has 0 radical (unpaired) electrons. The van der Waals surface area contributed by atoms with Gasteiger partial charge in [-0.25, -0.2) is 13.1 Å². The molecule has 0 bridgehead atoms. The van der Waals surface area contributed by atoms with Gasteiger partial charge in [-0.3, -0.25) is 4.90 Å². The van der Waals surface area contributed by atoms with Gasteiger partial charge in [-0.2, -0.15) is 9.57 Å². The topological polar surface area (TPSA) is 95.4 Å². The zero-order valence-corrected chi connectivity index (χ0v) is 19.5. The molecule has 1 aliphatic heterocycles. The molecule has 4 rings (SSSR count). The monoisotopic (exact) mass is 469 g/mol. The van der Waals surface area contributed by atoms with Gasteiger partial charge in [-0.15, -0.1) is 5.10 Å². The fourth-order valence-corrected chi connectivity index (χ4v) is 5.35. The maximum atomic E-state index is 13.0. The van der Waals surface area contributed by atoms with Crippen molar-refractivity contribution >= 4 is 22.2 Å². The molecule has 0 N–H and O–H groups in total. The molecule has 1 aromatic heterocycles. The zero-order chi connectivity index (χ0) is 22.9. The van der Waals surface area contributed by atoms with Crippen LogP contribution in [0.2, 0.25) is 0 Å². The van der Waals surface area contributed by atoms with Crippen molar-refractivity contribution in [3.05, 3.63) is 64.0 Å². The molecule has 0 saturated carbocycles. The number of benzene rings is 2. The maximum absolute atomic E-state index is 13.0. The Balaban J connectivity index is 1.45. The number of hydrogen-bond donors (Lipinski definition) is 0. The first-order chi connectivity index (χ1) is 15.3. The van der Waals surface area contributed by atoms with Crippen LogP contribution in [0.15, 0.2) is 51.8 Å². The largest absolute Gasteiger partial charge is 0.409 e. The molecule has 2 heterocycles. The third-order valence-corrected chi connectivity index (χ3v) is 7.90. The highest BCUT2D eigenvalue weighted by molar-refractivity contribution is 7.89. The summed E-state index contributed by atoms with van der Waals surface area (Å²) in [5, 5.41) is 13.8. The lowest BCUT2D eigenvalue weighted by molar-refractivity contribution is 0.143. The summed E-state index contributed by atoms with van der Waals surface area (Å²) in [4.78, 5) is 2.40. The summed E-state index contributed by atoms with van der Waals surface area (Å²) >= 11 is 5.34. The highest BCUT2D eigenvalue weighted by Gasteiger charge is 2.30. The minimum atomic E-state index is -3.73. The summed E-state index contributed by atoms with van der Waals surface area (Å²) in [6, 6.07) is 14.2. The number of nitriles is 1. The molecular weight excluding hydrogens is 446 g/mol. The van der Waals surface area contributed by atoms with Gasteiger partial charge in [0.15, 0.2) is 0 Å². The first kappa shape index (κ1) is 22.4. The van der Waals surface area contributed by atoms with E-state index >= 15 is 0 Å². The van der Waals surface area contributed by atoms with Crippen molar-refractivity contribution in [1.29, 1.82) is 5.26 Å². The molecule has 166 valence electrons. The van der Waals surface area contributed by atoms with E-state index in [-0.39, 0.29) is 15.3 Å². The van der Waals surface area contributed by atoms with Crippen LogP contribution in [-0.2, 0) is 16.7 Å². The first-order valence-electron chi connectivity index (χ1n) is 10.2. The van der Waals surface area contributed by atoms with Crippen molar-refractivity contribution in [1.82, 2.24) is 19.0 Å². The minimum Gasteiger partial charge on any atom is -0.409 e. The molecule has 0 spiro atoms. The van der Waals surface area contributed by atoms with E-state index in [4.69, 9.17) is 16.6 Å². The van der Waals surface area contributed by atoms with Crippen LogP contribution in [0.5, 0.6) is 0 Å².